The van der Waals surface area contributed by atoms with Crippen LogP contribution in [0.15, 0.2) is 22.7 Å². The second-order valence-corrected chi connectivity index (χ2v) is 5.13. The molecule has 0 saturated carbocycles. The second kappa shape index (κ2) is 5.09. The van der Waals surface area contributed by atoms with E-state index in [0.29, 0.717) is 22.4 Å². The Morgan fingerprint density at radius 3 is 2.63 bits per heavy atom. The molecular formula is C11H9BrF3N3S. The molecule has 0 radical (unpaired) electrons. The standard InChI is InChI=1S/C11H9BrF3N3S/c1-2-9-16-17-10(19)18(9)8-4-6(11(13,14)15)3-7(12)5-8/h3-5H,2H2,1H3,(H,17,19). The summed E-state index contributed by atoms with van der Waals surface area (Å²) in [6.07, 6.45) is -3.85. The first-order chi connectivity index (χ1) is 8.82. The zero-order chi connectivity index (χ0) is 14.2. The van der Waals surface area contributed by atoms with E-state index in [1.165, 1.54) is 4.57 Å². The molecule has 3 nitrogen and oxygen atoms in total. The maximum atomic E-state index is 12.8. The van der Waals surface area contributed by atoms with Crippen molar-refractivity contribution >= 4 is 28.1 Å². The summed E-state index contributed by atoms with van der Waals surface area (Å²) in [4.78, 5) is 0. The number of hydrogen-bond donors (Lipinski definition) is 1. The van der Waals surface area contributed by atoms with Crippen molar-refractivity contribution in [3.05, 3.63) is 38.8 Å². The van der Waals surface area contributed by atoms with Crippen molar-refractivity contribution in [2.45, 2.75) is 19.5 Å². The summed E-state index contributed by atoms with van der Waals surface area (Å²) in [6.45, 7) is 1.85. The van der Waals surface area contributed by atoms with Gasteiger partial charge in [0.15, 0.2) is 4.77 Å². The molecule has 8 heteroatoms. The molecule has 2 aromatic rings. The van der Waals surface area contributed by atoms with Crippen LogP contribution in [0.1, 0.15) is 18.3 Å². The van der Waals surface area contributed by atoms with Gasteiger partial charge >= 0.3 is 6.18 Å². The van der Waals surface area contributed by atoms with Crippen LogP contribution in [0.5, 0.6) is 0 Å². The van der Waals surface area contributed by atoms with Gasteiger partial charge < -0.3 is 0 Å². The number of aryl methyl sites for hydroxylation is 1. The molecule has 0 aliphatic rings. The lowest BCUT2D eigenvalue weighted by Crippen LogP contribution is -2.07. The van der Waals surface area contributed by atoms with Crippen molar-refractivity contribution in [2.75, 3.05) is 0 Å². The zero-order valence-corrected chi connectivity index (χ0v) is 12.2. The number of rotatable bonds is 2. The molecule has 2 rings (SSSR count). The monoisotopic (exact) mass is 351 g/mol. The van der Waals surface area contributed by atoms with E-state index in [1.54, 1.807) is 6.07 Å². The summed E-state index contributed by atoms with van der Waals surface area (Å²) in [6, 6.07) is 3.65. The van der Waals surface area contributed by atoms with Gasteiger partial charge in [-0.05, 0) is 30.4 Å². The molecular weight excluding hydrogens is 343 g/mol. The number of H-pyrrole nitrogens is 1. The van der Waals surface area contributed by atoms with Crippen LogP contribution in [0.2, 0.25) is 0 Å². The van der Waals surface area contributed by atoms with Gasteiger partial charge in [0.1, 0.15) is 5.82 Å². The molecule has 0 fully saturated rings. The minimum atomic E-state index is -4.41. The lowest BCUT2D eigenvalue weighted by Gasteiger charge is -2.11. The molecule has 1 aromatic carbocycles. The molecule has 0 saturated heterocycles. The summed E-state index contributed by atoms with van der Waals surface area (Å²) in [7, 11) is 0. The SMILES string of the molecule is CCc1n[nH]c(=S)n1-c1cc(Br)cc(C(F)(F)F)c1. The molecule has 0 unspecified atom stereocenters. The van der Waals surface area contributed by atoms with Crippen LogP contribution in [0, 0.1) is 4.77 Å². The molecule has 19 heavy (non-hydrogen) atoms. The largest absolute Gasteiger partial charge is 0.416 e. The number of halogens is 4. The average Bonchev–Trinajstić information content (AvgIpc) is 2.68. The van der Waals surface area contributed by atoms with Crippen LogP contribution < -0.4 is 0 Å². The number of alkyl halides is 3. The third kappa shape index (κ3) is 2.89. The molecule has 1 heterocycles. The van der Waals surface area contributed by atoms with Gasteiger partial charge in [-0.1, -0.05) is 22.9 Å². The Morgan fingerprint density at radius 1 is 1.37 bits per heavy atom. The van der Waals surface area contributed by atoms with Crippen molar-refractivity contribution in [3.8, 4) is 5.69 Å². The van der Waals surface area contributed by atoms with Crippen LogP contribution in [-0.4, -0.2) is 14.8 Å². The molecule has 1 N–H and O–H groups in total. The van der Waals surface area contributed by atoms with E-state index in [4.69, 9.17) is 12.2 Å². The van der Waals surface area contributed by atoms with Crippen LogP contribution in [-0.2, 0) is 12.6 Å². The normalized spacial score (nSPS) is 11.8. The molecule has 0 spiro atoms. The van der Waals surface area contributed by atoms with Gasteiger partial charge in [-0.3, -0.25) is 9.67 Å². The van der Waals surface area contributed by atoms with Crippen molar-refractivity contribution in [2.24, 2.45) is 0 Å². The van der Waals surface area contributed by atoms with E-state index in [2.05, 4.69) is 26.1 Å². The zero-order valence-electron chi connectivity index (χ0n) is 9.75. The second-order valence-electron chi connectivity index (χ2n) is 3.83. The highest BCUT2D eigenvalue weighted by Gasteiger charge is 2.31. The van der Waals surface area contributed by atoms with E-state index in [1.807, 2.05) is 6.92 Å². The number of nitrogens with one attached hydrogen (secondary N) is 1. The molecule has 1 aromatic heterocycles. The van der Waals surface area contributed by atoms with Gasteiger partial charge in [-0.2, -0.15) is 18.3 Å². The quantitative estimate of drug-likeness (QED) is 0.819. The van der Waals surface area contributed by atoms with Gasteiger partial charge in [0.2, 0.25) is 0 Å². The molecule has 0 aliphatic carbocycles. The molecule has 0 amide bonds. The highest BCUT2D eigenvalue weighted by atomic mass is 79.9. The fourth-order valence-corrected chi connectivity index (χ4v) is 2.44. The molecule has 0 bridgehead atoms. The van der Waals surface area contributed by atoms with Crippen molar-refractivity contribution in [1.29, 1.82) is 0 Å². The summed E-state index contributed by atoms with van der Waals surface area (Å²) in [5.41, 5.74) is -0.403. The van der Waals surface area contributed by atoms with E-state index < -0.39 is 11.7 Å². The molecule has 102 valence electrons. The fraction of sp³-hybridized carbons (Fsp3) is 0.273. The Balaban J connectivity index is 2.66. The van der Waals surface area contributed by atoms with E-state index in [9.17, 15) is 13.2 Å². The van der Waals surface area contributed by atoms with E-state index >= 15 is 0 Å². The molecule has 0 atom stereocenters. The van der Waals surface area contributed by atoms with Crippen molar-refractivity contribution in [1.82, 2.24) is 14.8 Å². The summed E-state index contributed by atoms with van der Waals surface area (Å²) in [5, 5.41) is 6.56. The van der Waals surface area contributed by atoms with Crippen molar-refractivity contribution < 1.29 is 13.2 Å². The Kier molecular flexibility index (Phi) is 3.82. The van der Waals surface area contributed by atoms with Gasteiger partial charge in [0.25, 0.3) is 0 Å². The predicted molar refractivity (Wildman–Crippen MR) is 70.8 cm³/mol. The van der Waals surface area contributed by atoms with Crippen LogP contribution in [0.4, 0.5) is 13.2 Å². The first-order valence-electron chi connectivity index (χ1n) is 5.37. The number of benzene rings is 1. The summed E-state index contributed by atoms with van der Waals surface area (Å²) in [5.74, 6) is 0.580. The van der Waals surface area contributed by atoms with Gasteiger partial charge in [-0.15, -0.1) is 0 Å². The topological polar surface area (TPSA) is 33.6 Å². The maximum absolute atomic E-state index is 12.8. The maximum Gasteiger partial charge on any atom is 0.416 e. The summed E-state index contributed by atoms with van der Waals surface area (Å²) >= 11 is 8.13. The number of aromatic amines is 1. The Morgan fingerprint density at radius 2 is 2.05 bits per heavy atom. The third-order valence-corrected chi connectivity index (χ3v) is 3.26. The lowest BCUT2D eigenvalue weighted by atomic mass is 10.2. The van der Waals surface area contributed by atoms with Crippen LogP contribution in [0.3, 0.4) is 0 Å². The van der Waals surface area contributed by atoms with E-state index in [-0.39, 0.29) is 4.77 Å². The Hall–Kier alpha value is -1.15. The third-order valence-electron chi connectivity index (χ3n) is 2.53. The highest BCUT2D eigenvalue weighted by molar-refractivity contribution is 9.10. The average molecular weight is 352 g/mol. The van der Waals surface area contributed by atoms with Crippen LogP contribution in [0.25, 0.3) is 5.69 Å². The highest BCUT2D eigenvalue weighted by Crippen LogP contribution is 2.33. The van der Waals surface area contributed by atoms with Gasteiger partial charge in [0.05, 0.1) is 11.3 Å². The van der Waals surface area contributed by atoms with Crippen LogP contribution >= 0.6 is 28.1 Å². The Labute approximate surface area is 120 Å². The number of hydrogen-bond acceptors (Lipinski definition) is 2. The Bertz CT molecular complexity index is 660. The minimum absolute atomic E-state index is 0.267. The number of aromatic nitrogens is 3. The summed E-state index contributed by atoms with van der Waals surface area (Å²) < 4.78 is 40.5. The van der Waals surface area contributed by atoms with Gasteiger partial charge in [0, 0.05) is 10.9 Å². The fourth-order valence-electron chi connectivity index (χ4n) is 1.70. The lowest BCUT2D eigenvalue weighted by molar-refractivity contribution is -0.137. The van der Waals surface area contributed by atoms with Gasteiger partial charge in [-0.25, -0.2) is 0 Å². The predicted octanol–water partition coefficient (Wildman–Crippen LogP) is 4.27. The smallest absolute Gasteiger partial charge is 0.272 e. The molecule has 0 aliphatic heterocycles. The van der Waals surface area contributed by atoms with E-state index in [0.717, 1.165) is 12.1 Å². The first kappa shape index (κ1) is 14.3. The first-order valence-corrected chi connectivity index (χ1v) is 6.57. The minimum Gasteiger partial charge on any atom is -0.272 e. The number of nitrogens with zero attached hydrogens (tertiary/aromatic N) is 2. The van der Waals surface area contributed by atoms with Crippen molar-refractivity contribution in [3.63, 3.8) is 0 Å².